The van der Waals surface area contributed by atoms with Gasteiger partial charge in [-0.25, -0.2) is 17.5 Å². The summed E-state index contributed by atoms with van der Waals surface area (Å²) in [4.78, 5) is -0.362. The van der Waals surface area contributed by atoms with Gasteiger partial charge in [0.2, 0.25) is 10.0 Å². The first kappa shape index (κ1) is 16.6. The largest absolute Gasteiger partial charge is 0.320 e. The molecule has 0 fully saturated rings. The number of hydrogen-bond acceptors (Lipinski definition) is 3. The molecular formula is C14H19FN2O2S. The van der Waals surface area contributed by atoms with E-state index in [4.69, 9.17) is 5.73 Å². The van der Waals surface area contributed by atoms with Crippen LogP contribution in [0.5, 0.6) is 0 Å². The Balaban J connectivity index is 3.01. The van der Waals surface area contributed by atoms with E-state index >= 15 is 0 Å². The van der Waals surface area contributed by atoms with Crippen molar-refractivity contribution in [1.82, 2.24) is 4.72 Å². The van der Waals surface area contributed by atoms with Gasteiger partial charge in [-0.3, -0.25) is 0 Å². The van der Waals surface area contributed by atoms with E-state index < -0.39 is 15.8 Å². The minimum atomic E-state index is -3.85. The van der Waals surface area contributed by atoms with Gasteiger partial charge in [0, 0.05) is 11.6 Å². The third-order valence-corrected chi connectivity index (χ3v) is 4.26. The molecule has 6 heteroatoms. The maximum absolute atomic E-state index is 13.9. The zero-order valence-corrected chi connectivity index (χ0v) is 12.4. The Morgan fingerprint density at radius 1 is 1.45 bits per heavy atom. The molecule has 1 unspecified atom stereocenters. The molecule has 0 aliphatic carbocycles. The molecule has 3 N–H and O–H groups in total. The van der Waals surface area contributed by atoms with E-state index in [1.807, 2.05) is 6.92 Å². The summed E-state index contributed by atoms with van der Waals surface area (Å²) in [6, 6.07) is 3.55. The highest BCUT2D eigenvalue weighted by atomic mass is 32.2. The molecule has 1 atom stereocenters. The molecule has 20 heavy (non-hydrogen) atoms. The lowest BCUT2D eigenvalue weighted by molar-refractivity contribution is 0.531. The summed E-state index contributed by atoms with van der Waals surface area (Å²) in [6.45, 7) is 3.87. The summed E-state index contributed by atoms with van der Waals surface area (Å²) in [5, 5.41) is 0. The summed E-state index contributed by atoms with van der Waals surface area (Å²) >= 11 is 0. The number of benzene rings is 1. The second-order valence-corrected chi connectivity index (χ2v) is 6.14. The van der Waals surface area contributed by atoms with Crippen molar-refractivity contribution >= 4 is 10.0 Å². The number of nitrogens with one attached hydrogen (secondary N) is 1. The average molecular weight is 298 g/mol. The lowest BCUT2D eigenvalue weighted by atomic mass is 10.2. The van der Waals surface area contributed by atoms with Crippen LogP contribution in [0, 0.1) is 17.7 Å². The van der Waals surface area contributed by atoms with Crippen molar-refractivity contribution in [2.75, 3.05) is 6.54 Å². The van der Waals surface area contributed by atoms with E-state index in [2.05, 4.69) is 16.6 Å². The zero-order valence-electron chi connectivity index (χ0n) is 11.6. The van der Waals surface area contributed by atoms with Crippen LogP contribution in [0.1, 0.15) is 32.3 Å². The monoisotopic (exact) mass is 298 g/mol. The topological polar surface area (TPSA) is 72.2 Å². The van der Waals surface area contributed by atoms with E-state index in [1.54, 1.807) is 6.92 Å². The van der Waals surface area contributed by atoms with Crippen LogP contribution in [0.4, 0.5) is 4.39 Å². The molecule has 0 spiro atoms. The fraction of sp³-hybridized carbons (Fsp3) is 0.429. The molecule has 110 valence electrons. The highest BCUT2D eigenvalue weighted by Gasteiger charge is 2.21. The summed E-state index contributed by atoms with van der Waals surface area (Å²) < 4.78 is 40.5. The summed E-state index contributed by atoms with van der Waals surface area (Å²) in [5.41, 5.74) is 5.62. The van der Waals surface area contributed by atoms with E-state index in [1.165, 1.54) is 12.1 Å². The van der Waals surface area contributed by atoms with Crippen molar-refractivity contribution in [3.05, 3.63) is 29.6 Å². The normalized spacial score (nSPS) is 12.6. The van der Waals surface area contributed by atoms with Gasteiger partial charge in [0.25, 0.3) is 0 Å². The number of halogens is 1. The van der Waals surface area contributed by atoms with Crippen molar-refractivity contribution in [2.45, 2.75) is 37.6 Å². The van der Waals surface area contributed by atoms with Crippen LogP contribution in [0.25, 0.3) is 0 Å². The van der Waals surface area contributed by atoms with Gasteiger partial charge < -0.3 is 5.73 Å². The van der Waals surface area contributed by atoms with Gasteiger partial charge in [-0.05, 0) is 31.5 Å². The van der Waals surface area contributed by atoms with Crippen molar-refractivity contribution in [1.29, 1.82) is 0 Å². The van der Waals surface area contributed by atoms with E-state index in [9.17, 15) is 12.8 Å². The van der Waals surface area contributed by atoms with Crippen molar-refractivity contribution in [2.24, 2.45) is 5.73 Å². The van der Waals surface area contributed by atoms with Gasteiger partial charge in [0.15, 0.2) is 0 Å². The van der Waals surface area contributed by atoms with Crippen LogP contribution >= 0.6 is 0 Å². The maximum atomic E-state index is 13.9. The molecule has 0 bridgehead atoms. The van der Waals surface area contributed by atoms with Crippen LogP contribution in [-0.2, 0) is 10.0 Å². The van der Waals surface area contributed by atoms with Crippen LogP contribution in [0.2, 0.25) is 0 Å². The number of sulfonamides is 1. The van der Waals surface area contributed by atoms with E-state index in [-0.39, 0.29) is 17.5 Å². The molecule has 1 rings (SSSR count). The second-order valence-electron chi connectivity index (χ2n) is 4.46. The third-order valence-electron chi connectivity index (χ3n) is 2.63. The predicted molar refractivity (Wildman–Crippen MR) is 77.0 cm³/mol. The van der Waals surface area contributed by atoms with Crippen molar-refractivity contribution in [3.8, 4) is 11.8 Å². The van der Waals surface area contributed by atoms with Crippen LogP contribution in [-0.4, -0.2) is 21.0 Å². The fourth-order valence-electron chi connectivity index (χ4n) is 1.77. The smallest absolute Gasteiger partial charge is 0.243 e. The highest BCUT2D eigenvalue weighted by Crippen LogP contribution is 2.16. The molecule has 0 heterocycles. The standard InChI is InChI=1S/C14H19FN2O2S/c1-3-5-11(2)17-20(18,19)14-8-7-12(6-4-9-16)10-13(14)15/h7-8,10-11,17H,3,5,9,16H2,1-2H3. The molecule has 0 amide bonds. The van der Waals surface area contributed by atoms with Gasteiger partial charge >= 0.3 is 0 Å². The summed E-state index contributed by atoms with van der Waals surface area (Å²) in [6.07, 6.45) is 1.54. The van der Waals surface area contributed by atoms with Gasteiger partial charge in [-0.1, -0.05) is 25.2 Å². The highest BCUT2D eigenvalue weighted by molar-refractivity contribution is 7.89. The lowest BCUT2D eigenvalue weighted by Crippen LogP contribution is -2.33. The fourth-order valence-corrected chi connectivity index (χ4v) is 3.11. The Morgan fingerprint density at radius 3 is 2.70 bits per heavy atom. The molecule has 1 aromatic rings. The second kappa shape index (κ2) is 7.39. The van der Waals surface area contributed by atoms with Crippen LogP contribution < -0.4 is 10.5 Å². The quantitative estimate of drug-likeness (QED) is 0.811. The Morgan fingerprint density at radius 2 is 2.15 bits per heavy atom. The number of hydrogen-bond donors (Lipinski definition) is 2. The first-order valence-electron chi connectivity index (χ1n) is 6.41. The van der Waals surface area contributed by atoms with Gasteiger partial charge in [-0.15, -0.1) is 0 Å². The van der Waals surface area contributed by atoms with Crippen LogP contribution in [0.3, 0.4) is 0 Å². The van der Waals surface area contributed by atoms with E-state index in [0.29, 0.717) is 12.0 Å². The molecule has 0 aliphatic heterocycles. The van der Waals surface area contributed by atoms with E-state index in [0.717, 1.165) is 12.5 Å². The van der Waals surface area contributed by atoms with Gasteiger partial charge in [0.1, 0.15) is 10.7 Å². The Hall–Kier alpha value is -1.42. The predicted octanol–water partition coefficient (Wildman–Crippen LogP) is 1.60. The lowest BCUT2D eigenvalue weighted by Gasteiger charge is -2.13. The number of rotatable bonds is 5. The first-order chi connectivity index (χ1) is 9.40. The third kappa shape index (κ3) is 4.60. The Bertz CT molecular complexity index is 618. The SMILES string of the molecule is CCCC(C)NS(=O)(=O)c1ccc(C#CCN)cc1F. The molecule has 0 saturated heterocycles. The minimum absolute atomic E-state index is 0.164. The molecule has 0 radical (unpaired) electrons. The summed E-state index contributed by atoms with van der Waals surface area (Å²) in [5.74, 6) is 4.42. The maximum Gasteiger partial charge on any atom is 0.243 e. The zero-order chi connectivity index (χ0) is 15.2. The molecule has 4 nitrogen and oxygen atoms in total. The molecular weight excluding hydrogens is 279 g/mol. The minimum Gasteiger partial charge on any atom is -0.320 e. The summed E-state index contributed by atoms with van der Waals surface area (Å²) in [7, 11) is -3.85. The van der Waals surface area contributed by atoms with Crippen molar-refractivity contribution in [3.63, 3.8) is 0 Å². The van der Waals surface area contributed by atoms with Crippen molar-refractivity contribution < 1.29 is 12.8 Å². The first-order valence-corrected chi connectivity index (χ1v) is 7.89. The van der Waals surface area contributed by atoms with Crippen LogP contribution in [0.15, 0.2) is 23.1 Å². The Labute approximate surface area is 119 Å². The van der Waals surface area contributed by atoms with Gasteiger partial charge in [0.05, 0.1) is 6.54 Å². The molecule has 0 saturated carbocycles. The average Bonchev–Trinajstić information content (AvgIpc) is 2.35. The Kier molecular flexibility index (Phi) is 6.14. The number of nitrogens with two attached hydrogens (primary N) is 1. The molecule has 1 aromatic carbocycles. The molecule has 0 aromatic heterocycles. The van der Waals surface area contributed by atoms with Gasteiger partial charge in [-0.2, -0.15) is 0 Å². The molecule has 0 aliphatic rings.